The summed E-state index contributed by atoms with van der Waals surface area (Å²) in [5.74, 6) is 1.21. The molecule has 0 aliphatic carbocycles. The van der Waals surface area contributed by atoms with Gasteiger partial charge in [-0.15, -0.1) is 0 Å². The van der Waals surface area contributed by atoms with E-state index in [0.29, 0.717) is 23.0 Å². The molecule has 21 heavy (non-hydrogen) atoms. The van der Waals surface area contributed by atoms with Crippen LogP contribution in [0.3, 0.4) is 0 Å². The first-order chi connectivity index (χ1) is 10.2. The summed E-state index contributed by atoms with van der Waals surface area (Å²) in [7, 11) is 0. The van der Waals surface area contributed by atoms with Gasteiger partial charge in [-0.05, 0) is 18.2 Å². The first-order valence-electron chi connectivity index (χ1n) is 5.97. The molecular formula is C13H9N5O3. The molecule has 0 bridgehead atoms. The number of benzene rings is 1. The number of furan rings is 1. The van der Waals surface area contributed by atoms with E-state index in [9.17, 15) is 10.1 Å². The van der Waals surface area contributed by atoms with Crippen LogP contribution in [-0.2, 0) is 0 Å². The van der Waals surface area contributed by atoms with E-state index < -0.39 is 4.92 Å². The van der Waals surface area contributed by atoms with Gasteiger partial charge in [-0.3, -0.25) is 10.1 Å². The summed E-state index contributed by atoms with van der Waals surface area (Å²) < 4.78 is 5.54. The highest BCUT2D eigenvalue weighted by atomic mass is 16.6. The Morgan fingerprint density at radius 2 is 2.14 bits per heavy atom. The van der Waals surface area contributed by atoms with Crippen molar-refractivity contribution in [2.45, 2.75) is 0 Å². The zero-order chi connectivity index (χ0) is 14.7. The van der Waals surface area contributed by atoms with Gasteiger partial charge in [0, 0.05) is 6.07 Å². The average Bonchev–Trinajstić information content (AvgIpc) is 3.16. The van der Waals surface area contributed by atoms with Crippen LogP contribution in [-0.4, -0.2) is 26.3 Å². The zero-order valence-corrected chi connectivity index (χ0v) is 10.6. The molecule has 3 rings (SSSR count). The highest BCUT2D eigenvalue weighted by molar-refractivity contribution is 5.80. The molecule has 0 radical (unpaired) electrons. The minimum absolute atomic E-state index is 0.00873. The molecule has 0 aliphatic rings. The first-order valence-corrected chi connectivity index (χ1v) is 5.97. The van der Waals surface area contributed by atoms with Gasteiger partial charge >= 0.3 is 0 Å². The molecule has 8 heteroatoms. The van der Waals surface area contributed by atoms with E-state index >= 15 is 0 Å². The highest BCUT2D eigenvalue weighted by Crippen LogP contribution is 2.30. The van der Waals surface area contributed by atoms with Crippen LogP contribution in [0, 0.1) is 10.1 Å². The van der Waals surface area contributed by atoms with Crippen molar-refractivity contribution in [2.24, 2.45) is 4.99 Å². The van der Waals surface area contributed by atoms with Crippen LogP contribution in [0.15, 0.2) is 52.1 Å². The number of aromatic amines is 1. The second-order valence-electron chi connectivity index (χ2n) is 4.04. The molecule has 0 aliphatic heterocycles. The Hall–Kier alpha value is -3.29. The van der Waals surface area contributed by atoms with Crippen LogP contribution in [0.2, 0.25) is 0 Å². The summed E-state index contributed by atoms with van der Waals surface area (Å²) in [6.45, 7) is 0. The summed E-state index contributed by atoms with van der Waals surface area (Å²) in [5.41, 5.74) is 0.410. The van der Waals surface area contributed by atoms with E-state index in [1.54, 1.807) is 30.3 Å². The van der Waals surface area contributed by atoms with Gasteiger partial charge in [0.2, 0.25) is 5.95 Å². The predicted octanol–water partition coefficient (Wildman–Crippen LogP) is 2.72. The van der Waals surface area contributed by atoms with Crippen molar-refractivity contribution < 1.29 is 9.34 Å². The summed E-state index contributed by atoms with van der Waals surface area (Å²) in [6, 6.07) is 9.72. The lowest BCUT2D eigenvalue weighted by Crippen LogP contribution is -1.90. The number of H-pyrrole nitrogens is 1. The Kier molecular flexibility index (Phi) is 3.26. The van der Waals surface area contributed by atoms with Crippen molar-refractivity contribution in [2.75, 3.05) is 0 Å². The predicted molar refractivity (Wildman–Crippen MR) is 74.4 cm³/mol. The molecule has 2 heterocycles. The molecule has 0 unspecified atom stereocenters. The molecule has 104 valence electrons. The fraction of sp³-hybridized carbons (Fsp3) is 0. The SMILES string of the molecule is O=[N+]([O-])c1ccccc1-c1ccc(/C=N/c2ncn[nH]2)o1. The van der Waals surface area contributed by atoms with Gasteiger partial charge in [0.05, 0.1) is 16.7 Å². The Morgan fingerprint density at radius 3 is 2.90 bits per heavy atom. The molecule has 0 spiro atoms. The molecule has 0 atom stereocenters. The zero-order valence-electron chi connectivity index (χ0n) is 10.6. The normalized spacial score (nSPS) is 11.0. The third-order valence-corrected chi connectivity index (χ3v) is 2.71. The van der Waals surface area contributed by atoms with Crippen LogP contribution in [0.5, 0.6) is 0 Å². The quantitative estimate of drug-likeness (QED) is 0.449. The Labute approximate surface area is 118 Å². The number of nitrogens with zero attached hydrogens (tertiary/aromatic N) is 4. The van der Waals surface area contributed by atoms with E-state index in [1.807, 2.05) is 0 Å². The van der Waals surface area contributed by atoms with Gasteiger partial charge in [0.25, 0.3) is 5.69 Å². The molecule has 8 nitrogen and oxygen atoms in total. The number of hydrogen-bond donors (Lipinski definition) is 1. The van der Waals surface area contributed by atoms with E-state index in [2.05, 4.69) is 20.2 Å². The molecule has 3 aromatic rings. The fourth-order valence-electron chi connectivity index (χ4n) is 1.79. The van der Waals surface area contributed by atoms with E-state index in [1.165, 1.54) is 18.6 Å². The van der Waals surface area contributed by atoms with Gasteiger partial charge < -0.3 is 4.42 Å². The molecular weight excluding hydrogens is 274 g/mol. The van der Waals surface area contributed by atoms with Gasteiger partial charge in [-0.2, -0.15) is 10.1 Å². The number of hydrogen-bond acceptors (Lipinski definition) is 6. The third kappa shape index (κ3) is 2.68. The number of nitro groups is 1. The minimum atomic E-state index is -0.444. The Morgan fingerprint density at radius 1 is 1.29 bits per heavy atom. The minimum Gasteiger partial charge on any atom is -0.455 e. The van der Waals surface area contributed by atoms with Crippen LogP contribution in [0.4, 0.5) is 11.6 Å². The maximum absolute atomic E-state index is 11.0. The van der Waals surface area contributed by atoms with Gasteiger partial charge in [-0.25, -0.2) is 10.1 Å². The van der Waals surface area contributed by atoms with E-state index in [-0.39, 0.29) is 5.69 Å². The smallest absolute Gasteiger partial charge is 0.280 e. The molecule has 2 aromatic heterocycles. The van der Waals surface area contributed by atoms with Crippen LogP contribution in [0.25, 0.3) is 11.3 Å². The number of nitrogens with one attached hydrogen (secondary N) is 1. The molecule has 0 saturated carbocycles. The Bertz CT molecular complexity index is 792. The third-order valence-electron chi connectivity index (χ3n) is 2.71. The van der Waals surface area contributed by atoms with Crippen LogP contribution < -0.4 is 0 Å². The largest absolute Gasteiger partial charge is 0.455 e. The molecule has 1 N–H and O–H groups in total. The lowest BCUT2D eigenvalue weighted by molar-refractivity contribution is -0.384. The van der Waals surface area contributed by atoms with E-state index in [4.69, 9.17) is 4.42 Å². The summed E-state index contributed by atoms with van der Waals surface area (Å²) in [4.78, 5) is 18.4. The van der Waals surface area contributed by atoms with Gasteiger partial charge in [0.1, 0.15) is 17.8 Å². The second-order valence-corrected chi connectivity index (χ2v) is 4.04. The highest BCUT2D eigenvalue weighted by Gasteiger charge is 2.16. The molecule has 0 amide bonds. The number of nitro benzene ring substituents is 1. The number of rotatable bonds is 4. The monoisotopic (exact) mass is 283 g/mol. The maximum Gasteiger partial charge on any atom is 0.280 e. The lowest BCUT2D eigenvalue weighted by Gasteiger charge is -1.98. The number of aromatic nitrogens is 3. The van der Waals surface area contributed by atoms with E-state index in [0.717, 1.165) is 0 Å². The topological polar surface area (TPSA) is 110 Å². The van der Waals surface area contributed by atoms with Crippen molar-refractivity contribution in [3.05, 3.63) is 58.6 Å². The summed E-state index contributed by atoms with van der Waals surface area (Å²) in [5, 5.41) is 17.2. The fourth-order valence-corrected chi connectivity index (χ4v) is 1.79. The molecule has 0 fully saturated rings. The van der Waals surface area contributed by atoms with Crippen molar-refractivity contribution >= 4 is 17.9 Å². The van der Waals surface area contributed by atoms with Crippen LogP contribution in [0.1, 0.15) is 5.76 Å². The van der Waals surface area contributed by atoms with Crippen molar-refractivity contribution in [3.8, 4) is 11.3 Å². The van der Waals surface area contributed by atoms with Gasteiger partial charge in [0.15, 0.2) is 0 Å². The average molecular weight is 283 g/mol. The number of para-hydroxylation sites is 1. The van der Waals surface area contributed by atoms with Crippen molar-refractivity contribution in [3.63, 3.8) is 0 Å². The van der Waals surface area contributed by atoms with Gasteiger partial charge in [-0.1, -0.05) is 12.1 Å². The molecule has 0 saturated heterocycles. The first kappa shape index (κ1) is 12.7. The molecule has 1 aromatic carbocycles. The lowest BCUT2D eigenvalue weighted by atomic mass is 10.1. The summed E-state index contributed by atoms with van der Waals surface area (Å²) >= 11 is 0. The standard InChI is InChI=1S/C13H9N5O3/c19-18(20)11-4-2-1-3-10(11)12-6-5-9(21-12)7-14-13-15-8-16-17-13/h1-8H,(H,15,16,17)/b14-7+. The Balaban J connectivity index is 1.90. The second kappa shape index (κ2) is 5.37. The number of aliphatic imine (C=N–C) groups is 1. The van der Waals surface area contributed by atoms with Crippen LogP contribution >= 0.6 is 0 Å². The maximum atomic E-state index is 11.0. The summed E-state index contributed by atoms with van der Waals surface area (Å²) in [6.07, 6.45) is 2.80. The van der Waals surface area contributed by atoms with Crippen molar-refractivity contribution in [1.29, 1.82) is 0 Å². The van der Waals surface area contributed by atoms with Crippen molar-refractivity contribution in [1.82, 2.24) is 15.2 Å².